The van der Waals surface area contributed by atoms with E-state index in [-0.39, 0.29) is 0 Å². The molecule has 2 aromatic rings. The Bertz CT molecular complexity index is 834. The topological polar surface area (TPSA) is 47.9 Å². The maximum absolute atomic E-state index is 12.0. The molecule has 2 heterocycles. The van der Waals surface area contributed by atoms with Crippen molar-refractivity contribution < 1.29 is 14.4 Å². The Morgan fingerprint density at radius 1 is 1.09 bits per heavy atom. The van der Waals surface area contributed by atoms with Crippen LogP contribution in [0.1, 0.15) is 27.9 Å². The molecule has 1 unspecified atom stereocenters. The third kappa shape index (κ3) is 1.91. The lowest BCUT2D eigenvalue weighted by Gasteiger charge is -2.20. The summed E-state index contributed by atoms with van der Waals surface area (Å²) in [6, 6.07) is 12.3. The number of benzene rings is 2. The van der Waals surface area contributed by atoms with Gasteiger partial charge >= 0.3 is 11.8 Å². The summed E-state index contributed by atoms with van der Waals surface area (Å²) in [5.41, 5.74) is 2.51. The van der Waals surface area contributed by atoms with Gasteiger partial charge in [0.1, 0.15) is 0 Å². The minimum absolute atomic E-state index is 0.303. The Morgan fingerprint density at radius 2 is 1.91 bits per heavy atom. The first-order chi connectivity index (χ1) is 10.6. The van der Waals surface area contributed by atoms with E-state index in [1.165, 1.54) is 0 Å². The van der Waals surface area contributed by atoms with Crippen LogP contribution in [-0.2, 0) is 15.4 Å². The molecule has 0 amide bonds. The number of oxime groups is 1. The van der Waals surface area contributed by atoms with Crippen molar-refractivity contribution in [3.05, 3.63) is 69.2 Å². The second kappa shape index (κ2) is 4.73. The monoisotopic (exact) mass is 333 g/mol. The molecule has 4 rings (SSSR count). The summed E-state index contributed by atoms with van der Waals surface area (Å²) in [6.07, 6.45) is 0.303. The van der Waals surface area contributed by atoms with E-state index in [1.54, 1.807) is 30.3 Å². The lowest BCUT2D eigenvalue weighted by molar-refractivity contribution is -0.186. The van der Waals surface area contributed by atoms with E-state index in [0.29, 0.717) is 38.9 Å². The predicted octanol–water partition coefficient (Wildman–Crippen LogP) is 4.14. The molecular weight excluding hydrogens is 325 g/mol. The van der Waals surface area contributed by atoms with Gasteiger partial charge < -0.3 is 9.57 Å². The highest BCUT2D eigenvalue weighted by Crippen LogP contribution is 2.44. The molecule has 2 aliphatic rings. The quantitative estimate of drug-likeness (QED) is 0.737. The molecular formula is C16H9Cl2NO3. The third-order valence-electron chi connectivity index (χ3n) is 3.76. The highest BCUT2D eigenvalue weighted by Gasteiger charge is 2.52. The van der Waals surface area contributed by atoms with Crippen molar-refractivity contribution in [3.63, 3.8) is 0 Å². The molecule has 110 valence electrons. The van der Waals surface area contributed by atoms with Gasteiger partial charge in [0.05, 0.1) is 28.3 Å². The zero-order chi connectivity index (χ0) is 15.3. The number of rotatable bonds is 1. The smallest absolute Gasteiger partial charge is 0.342 e. The fourth-order valence-electron chi connectivity index (χ4n) is 2.73. The Labute approximate surface area is 136 Å². The summed E-state index contributed by atoms with van der Waals surface area (Å²) in [6.45, 7) is 0. The molecule has 2 aromatic carbocycles. The highest BCUT2D eigenvalue weighted by atomic mass is 35.5. The minimum Gasteiger partial charge on any atom is -0.412 e. The number of esters is 1. The van der Waals surface area contributed by atoms with Gasteiger partial charge in [-0.3, -0.25) is 0 Å². The van der Waals surface area contributed by atoms with Gasteiger partial charge in [-0.15, -0.1) is 0 Å². The molecule has 0 radical (unpaired) electrons. The van der Waals surface area contributed by atoms with Crippen LogP contribution in [0.3, 0.4) is 0 Å². The van der Waals surface area contributed by atoms with Crippen molar-refractivity contribution in [2.45, 2.75) is 12.2 Å². The lowest BCUT2D eigenvalue weighted by atomic mass is 9.96. The number of ether oxygens (including phenoxy) is 1. The standard InChI is InChI=1S/C16H9Cl2NO3/c17-9-5-6-11(13(18)7-9)14-8-16(22-19-14)12-4-2-1-3-10(12)15(20)21-16/h1-7H,8H2. The minimum atomic E-state index is -1.19. The number of carbonyl (C=O) groups excluding carboxylic acids is 1. The van der Waals surface area contributed by atoms with Crippen molar-refractivity contribution in [2.24, 2.45) is 5.16 Å². The van der Waals surface area contributed by atoms with Gasteiger partial charge in [0.25, 0.3) is 0 Å². The van der Waals surface area contributed by atoms with Crippen LogP contribution >= 0.6 is 23.2 Å². The van der Waals surface area contributed by atoms with Gasteiger partial charge in [-0.25, -0.2) is 4.79 Å². The first-order valence-corrected chi connectivity index (χ1v) is 7.38. The number of nitrogens with zero attached hydrogens (tertiary/aromatic N) is 1. The van der Waals surface area contributed by atoms with Crippen molar-refractivity contribution in [1.82, 2.24) is 0 Å². The molecule has 0 saturated heterocycles. The first kappa shape index (κ1) is 13.6. The van der Waals surface area contributed by atoms with E-state index in [1.807, 2.05) is 12.1 Å². The van der Waals surface area contributed by atoms with Crippen LogP contribution in [0.25, 0.3) is 0 Å². The van der Waals surface area contributed by atoms with Gasteiger partial charge in [-0.05, 0) is 18.2 Å². The fourth-order valence-corrected chi connectivity index (χ4v) is 3.25. The van der Waals surface area contributed by atoms with E-state index < -0.39 is 11.8 Å². The Morgan fingerprint density at radius 3 is 2.73 bits per heavy atom. The van der Waals surface area contributed by atoms with Crippen LogP contribution in [0.15, 0.2) is 47.6 Å². The van der Waals surface area contributed by atoms with E-state index in [4.69, 9.17) is 32.8 Å². The van der Waals surface area contributed by atoms with Gasteiger partial charge in [0.15, 0.2) is 0 Å². The largest absolute Gasteiger partial charge is 0.412 e. The van der Waals surface area contributed by atoms with Crippen LogP contribution in [0, 0.1) is 0 Å². The van der Waals surface area contributed by atoms with Crippen LogP contribution in [-0.4, -0.2) is 11.7 Å². The van der Waals surface area contributed by atoms with Crippen LogP contribution in [0.2, 0.25) is 10.0 Å². The average Bonchev–Trinajstić information content (AvgIpc) is 3.03. The molecule has 0 aromatic heterocycles. The average molecular weight is 334 g/mol. The van der Waals surface area contributed by atoms with Gasteiger partial charge in [0.2, 0.25) is 0 Å². The summed E-state index contributed by atoms with van der Waals surface area (Å²) in [4.78, 5) is 17.5. The fraction of sp³-hybridized carbons (Fsp3) is 0.125. The van der Waals surface area contributed by atoms with E-state index in [2.05, 4.69) is 5.16 Å². The summed E-state index contributed by atoms with van der Waals surface area (Å²) < 4.78 is 5.45. The summed E-state index contributed by atoms with van der Waals surface area (Å²) in [5.74, 6) is -1.60. The Kier molecular flexibility index (Phi) is 2.93. The van der Waals surface area contributed by atoms with Gasteiger partial charge in [-0.1, -0.05) is 52.6 Å². The van der Waals surface area contributed by atoms with E-state index >= 15 is 0 Å². The number of hydrogen-bond acceptors (Lipinski definition) is 4. The molecule has 0 saturated carbocycles. The van der Waals surface area contributed by atoms with Crippen LogP contribution < -0.4 is 0 Å². The second-order valence-corrected chi connectivity index (χ2v) is 5.96. The van der Waals surface area contributed by atoms with Crippen LogP contribution in [0.5, 0.6) is 0 Å². The maximum Gasteiger partial charge on any atom is 0.342 e. The maximum atomic E-state index is 12.0. The molecule has 4 nitrogen and oxygen atoms in total. The number of hydrogen-bond donors (Lipinski definition) is 0. The second-order valence-electron chi connectivity index (χ2n) is 5.12. The lowest BCUT2D eigenvalue weighted by Crippen LogP contribution is -2.26. The molecule has 0 N–H and O–H groups in total. The predicted molar refractivity (Wildman–Crippen MR) is 82.2 cm³/mol. The summed E-state index contributed by atoms with van der Waals surface area (Å²) in [5, 5.41) is 5.10. The number of halogens is 2. The molecule has 1 atom stereocenters. The Balaban J connectivity index is 1.72. The van der Waals surface area contributed by atoms with Crippen molar-refractivity contribution >= 4 is 34.9 Å². The zero-order valence-electron chi connectivity index (χ0n) is 11.2. The van der Waals surface area contributed by atoms with Gasteiger partial charge in [0, 0.05) is 10.6 Å². The Hall–Kier alpha value is -2.04. The molecule has 22 heavy (non-hydrogen) atoms. The van der Waals surface area contributed by atoms with Gasteiger partial charge in [-0.2, -0.15) is 0 Å². The molecule has 0 fully saturated rings. The first-order valence-electron chi connectivity index (χ1n) is 6.62. The van der Waals surface area contributed by atoms with E-state index in [9.17, 15) is 4.79 Å². The van der Waals surface area contributed by atoms with Crippen LogP contribution in [0.4, 0.5) is 0 Å². The normalized spacial score (nSPS) is 22.3. The number of fused-ring (bicyclic) bond motifs is 2. The highest BCUT2D eigenvalue weighted by molar-refractivity contribution is 6.37. The summed E-state index contributed by atoms with van der Waals surface area (Å²) in [7, 11) is 0. The SMILES string of the molecule is O=C1OC2(CC(c3ccc(Cl)cc3Cl)=NO2)c2ccccc21. The summed E-state index contributed by atoms with van der Waals surface area (Å²) >= 11 is 12.1. The van der Waals surface area contributed by atoms with E-state index in [0.717, 1.165) is 0 Å². The molecule has 2 aliphatic heterocycles. The zero-order valence-corrected chi connectivity index (χ0v) is 12.7. The molecule has 0 bridgehead atoms. The molecule has 0 aliphatic carbocycles. The number of carbonyl (C=O) groups is 1. The molecule has 1 spiro atoms. The molecule has 6 heteroatoms. The van der Waals surface area contributed by atoms with Crippen molar-refractivity contribution in [2.75, 3.05) is 0 Å². The third-order valence-corrected chi connectivity index (χ3v) is 4.31. The van der Waals surface area contributed by atoms with Crippen molar-refractivity contribution in [3.8, 4) is 0 Å². The van der Waals surface area contributed by atoms with Crippen molar-refractivity contribution in [1.29, 1.82) is 0 Å².